The fraction of sp³-hybridized carbons (Fsp3) is 0.391. The van der Waals surface area contributed by atoms with Crippen molar-refractivity contribution in [2.24, 2.45) is 0 Å². The lowest BCUT2D eigenvalue weighted by molar-refractivity contribution is -0.111. The van der Waals surface area contributed by atoms with Gasteiger partial charge in [0.15, 0.2) is 0 Å². The largest absolute Gasteiger partial charge is 0.459 e. The minimum atomic E-state index is -0.408. The van der Waals surface area contributed by atoms with Crippen LogP contribution in [0.15, 0.2) is 30.3 Å². The number of benzene rings is 1. The van der Waals surface area contributed by atoms with E-state index in [-0.39, 0.29) is 17.4 Å². The van der Waals surface area contributed by atoms with Gasteiger partial charge < -0.3 is 10.1 Å². The SMILES string of the molecule is Cc1sc(NC(=O)C=Cc2ccc(C(C)(C)C)cc2)c(C(=O)OC(C)C)c1C. The summed E-state index contributed by atoms with van der Waals surface area (Å²) in [5.74, 6) is -0.686. The van der Waals surface area contributed by atoms with Gasteiger partial charge in [0.1, 0.15) is 5.00 Å². The molecule has 4 nitrogen and oxygen atoms in total. The zero-order valence-corrected chi connectivity index (χ0v) is 18.5. The molecule has 5 heteroatoms. The predicted octanol–water partition coefficient (Wildman–Crippen LogP) is 5.88. The molecule has 1 heterocycles. The van der Waals surface area contributed by atoms with Crippen LogP contribution in [0.25, 0.3) is 6.08 Å². The van der Waals surface area contributed by atoms with Crippen LogP contribution in [0, 0.1) is 13.8 Å². The van der Waals surface area contributed by atoms with Gasteiger partial charge in [-0.2, -0.15) is 0 Å². The second kappa shape index (κ2) is 8.74. The van der Waals surface area contributed by atoms with Gasteiger partial charge in [-0.15, -0.1) is 11.3 Å². The first kappa shape index (κ1) is 21.9. The first-order valence-electron chi connectivity index (χ1n) is 9.39. The smallest absolute Gasteiger partial charge is 0.341 e. The van der Waals surface area contributed by atoms with E-state index in [9.17, 15) is 9.59 Å². The van der Waals surface area contributed by atoms with Crippen molar-refractivity contribution in [3.8, 4) is 0 Å². The molecule has 0 saturated carbocycles. The monoisotopic (exact) mass is 399 g/mol. The maximum Gasteiger partial charge on any atom is 0.341 e. The van der Waals surface area contributed by atoms with Crippen LogP contribution in [-0.4, -0.2) is 18.0 Å². The first-order chi connectivity index (χ1) is 13.0. The third-order valence-electron chi connectivity index (χ3n) is 4.37. The molecule has 150 valence electrons. The summed E-state index contributed by atoms with van der Waals surface area (Å²) in [4.78, 5) is 25.8. The standard InChI is InChI=1S/C23H29NO3S/c1-14(2)27-22(26)20-15(3)16(4)28-21(20)24-19(25)13-10-17-8-11-18(12-9-17)23(5,6)7/h8-14H,1-7H3,(H,24,25). The van der Waals surface area contributed by atoms with Gasteiger partial charge in [-0.05, 0) is 55.9 Å². The van der Waals surface area contributed by atoms with Crippen molar-refractivity contribution >= 4 is 34.3 Å². The van der Waals surface area contributed by atoms with Gasteiger partial charge >= 0.3 is 5.97 Å². The zero-order chi connectivity index (χ0) is 21.1. The summed E-state index contributed by atoms with van der Waals surface area (Å²) in [6, 6.07) is 8.14. The Kier molecular flexibility index (Phi) is 6.83. The third kappa shape index (κ3) is 5.55. The Morgan fingerprint density at radius 2 is 1.71 bits per heavy atom. The van der Waals surface area contributed by atoms with Gasteiger partial charge in [0.05, 0.1) is 11.7 Å². The first-order valence-corrected chi connectivity index (χ1v) is 10.2. The molecule has 28 heavy (non-hydrogen) atoms. The molecule has 0 atom stereocenters. The molecule has 0 aliphatic carbocycles. The minimum absolute atomic E-state index is 0.0928. The quantitative estimate of drug-likeness (QED) is 0.504. The fourth-order valence-electron chi connectivity index (χ4n) is 2.65. The predicted molar refractivity (Wildman–Crippen MR) is 117 cm³/mol. The van der Waals surface area contributed by atoms with E-state index < -0.39 is 5.97 Å². The number of ether oxygens (including phenoxy) is 1. The number of rotatable bonds is 5. The van der Waals surface area contributed by atoms with Crippen LogP contribution in [0.2, 0.25) is 0 Å². The summed E-state index contributed by atoms with van der Waals surface area (Å²) in [5, 5.41) is 3.35. The van der Waals surface area contributed by atoms with Gasteiger partial charge in [0.2, 0.25) is 5.91 Å². The Balaban J connectivity index is 2.14. The molecule has 0 aliphatic heterocycles. The number of esters is 1. The van der Waals surface area contributed by atoms with E-state index >= 15 is 0 Å². The second-order valence-electron chi connectivity index (χ2n) is 8.14. The molecule has 0 unspecified atom stereocenters. The number of amides is 1. The molecule has 0 fully saturated rings. The maximum absolute atomic E-state index is 12.4. The zero-order valence-electron chi connectivity index (χ0n) is 17.7. The number of anilines is 1. The van der Waals surface area contributed by atoms with E-state index in [2.05, 4.69) is 38.2 Å². The lowest BCUT2D eigenvalue weighted by atomic mass is 9.87. The normalized spacial score (nSPS) is 11.9. The minimum Gasteiger partial charge on any atom is -0.459 e. The van der Waals surface area contributed by atoms with Gasteiger partial charge in [-0.1, -0.05) is 45.0 Å². The Morgan fingerprint density at radius 1 is 1.11 bits per heavy atom. The maximum atomic E-state index is 12.4. The Bertz CT molecular complexity index is 884. The average molecular weight is 400 g/mol. The van der Waals surface area contributed by atoms with Crippen molar-refractivity contribution in [2.75, 3.05) is 5.32 Å². The number of hydrogen-bond acceptors (Lipinski definition) is 4. The van der Waals surface area contributed by atoms with E-state index in [1.807, 2.05) is 26.0 Å². The van der Waals surface area contributed by atoms with E-state index in [0.29, 0.717) is 10.6 Å². The summed E-state index contributed by atoms with van der Waals surface area (Å²) in [7, 11) is 0. The summed E-state index contributed by atoms with van der Waals surface area (Å²) in [6.45, 7) is 13.9. The van der Waals surface area contributed by atoms with E-state index in [1.54, 1.807) is 19.9 Å². The summed E-state index contributed by atoms with van der Waals surface area (Å²) < 4.78 is 5.32. The van der Waals surface area contributed by atoms with E-state index in [1.165, 1.54) is 23.0 Å². The van der Waals surface area contributed by atoms with E-state index in [4.69, 9.17) is 4.74 Å². The van der Waals surface area contributed by atoms with Gasteiger partial charge in [0.25, 0.3) is 0 Å². The van der Waals surface area contributed by atoms with Crippen molar-refractivity contribution < 1.29 is 14.3 Å². The molecule has 0 aliphatic rings. The second-order valence-corrected chi connectivity index (χ2v) is 9.36. The molecule has 1 aromatic heterocycles. The molecule has 1 amide bonds. The van der Waals surface area contributed by atoms with Crippen molar-refractivity contribution in [3.05, 3.63) is 57.5 Å². The number of hydrogen-bond donors (Lipinski definition) is 1. The van der Waals surface area contributed by atoms with Crippen LogP contribution in [0.3, 0.4) is 0 Å². The molecular weight excluding hydrogens is 370 g/mol. The number of carbonyl (C=O) groups excluding carboxylic acids is 2. The Labute approximate surface area is 171 Å². The summed E-state index contributed by atoms with van der Waals surface area (Å²) in [6.07, 6.45) is 3.03. The number of nitrogens with one attached hydrogen (secondary N) is 1. The molecule has 0 bridgehead atoms. The molecule has 0 spiro atoms. The summed E-state index contributed by atoms with van der Waals surface area (Å²) >= 11 is 1.38. The van der Waals surface area contributed by atoms with Crippen LogP contribution in [-0.2, 0) is 14.9 Å². The highest BCUT2D eigenvalue weighted by Crippen LogP contribution is 2.33. The van der Waals surface area contributed by atoms with Crippen LogP contribution < -0.4 is 5.32 Å². The van der Waals surface area contributed by atoms with Gasteiger partial charge in [0, 0.05) is 11.0 Å². The van der Waals surface area contributed by atoms with Crippen molar-refractivity contribution in [3.63, 3.8) is 0 Å². The molecule has 1 N–H and O–H groups in total. The van der Waals surface area contributed by atoms with Gasteiger partial charge in [-0.25, -0.2) is 4.79 Å². The number of aryl methyl sites for hydroxylation is 1. The Hall–Kier alpha value is -2.40. The lowest BCUT2D eigenvalue weighted by Gasteiger charge is -2.18. The Morgan fingerprint density at radius 3 is 2.25 bits per heavy atom. The van der Waals surface area contributed by atoms with E-state index in [0.717, 1.165) is 16.0 Å². The van der Waals surface area contributed by atoms with Crippen LogP contribution >= 0.6 is 11.3 Å². The third-order valence-corrected chi connectivity index (χ3v) is 5.50. The fourth-order valence-corrected chi connectivity index (χ4v) is 3.70. The van der Waals surface area contributed by atoms with Crippen LogP contribution in [0.4, 0.5) is 5.00 Å². The highest BCUT2D eigenvalue weighted by molar-refractivity contribution is 7.16. The number of carbonyl (C=O) groups is 2. The highest BCUT2D eigenvalue weighted by Gasteiger charge is 2.22. The molecule has 0 saturated heterocycles. The molecule has 2 aromatic rings. The average Bonchev–Trinajstić information content (AvgIpc) is 2.86. The van der Waals surface area contributed by atoms with Gasteiger partial charge in [-0.3, -0.25) is 4.79 Å². The summed E-state index contributed by atoms with van der Waals surface area (Å²) in [5.41, 5.74) is 3.56. The molecule has 2 rings (SSSR count). The highest BCUT2D eigenvalue weighted by atomic mass is 32.1. The molecule has 1 aromatic carbocycles. The van der Waals surface area contributed by atoms with Crippen molar-refractivity contribution in [1.29, 1.82) is 0 Å². The van der Waals surface area contributed by atoms with Crippen molar-refractivity contribution in [1.82, 2.24) is 0 Å². The van der Waals surface area contributed by atoms with Crippen molar-refractivity contribution in [2.45, 2.75) is 60.0 Å². The topological polar surface area (TPSA) is 55.4 Å². The lowest BCUT2D eigenvalue weighted by Crippen LogP contribution is -2.15. The molecular formula is C23H29NO3S. The van der Waals surface area contributed by atoms with Crippen LogP contribution in [0.5, 0.6) is 0 Å². The number of thiophene rings is 1. The molecule has 0 radical (unpaired) electrons. The van der Waals surface area contributed by atoms with Crippen LogP contribution in [0.1, 0.15) is 66.5 Å².